The lowest BCUT2D eigenvalue weighted by Crippen LogP contribution is -2.13. The molecule has 0 unspecified atom stereocenters. The van der Waals surface area contributed by atoms with Gasteiger partial charge >= 0.3 is 11.6 Å². The summed E-state index contributed by atoms with van der Waals surface area (Å²) in [7, 11) is 0. The van der Waals surface area contributed by atoms with Crippen molar-refractivity contribution >= 4 is 28.5 Å². The fourth-order valence-corrected chi connectivity index (χ4v) is 3.16. The molecule has 0 amide bonds. The van der Waals surface area contributed by atoms with Crippen molar-refractivity contribution < 1.29 is 19.1 Å². The van der Waals surface area contributed by atoms with Crippen molar-refractivity contribution in [1.29, 1.82) is 0 Å². The summed E-state index contributed by atoms with van der Waals surface area (Å²) in [5.41, 5.74) is 2.84. The van der Waals surface area contributed by atoms with Crippen molar-refractivity contribution in [3.05, 3.63) is 74.1 Å². The van der Waals surface area contributed by atoms with Crippen LogP contribution in [0.3, 0.4) is 0 Å². The summed E-state index contributed by atoms with van der Waals surface area (Å²) in [4.78, 5) is 23.4. The quantitative estimate of drug-likeness (QED) is 0.682. The number of rotatable bonds is 5. The van der Waals surface area contributed by atoms with Crippen molar-refractivity contribution in [2.24, 2.45) is 0 Å². The van der Waals surface area contributed by atoms with Gasteiger partial charge in [-0.3, -0.25) is 0 Å². The van der Waals surface area contributed by atoms with E-state index in [9.17, 15) is 9.59 Å². The van der Waals surface area contributed by atoms with Gasteiger partial charge in [-0.25, -0.2) is 9.59 Å². The molecular formula is C20H17ClO5. The van der Waals surface area contributed by atoms with Gasteiger partial charge in [0.25, 0.3) is 0 Å². The summed E-state index contributed by atoms with van der Waals surface area (Å²) in [5, 5.41) is 10.1. The maximum absolute atomic E-state index is 12.5. The molecule has 0 radical (unpaired) electrons. The summed E-state index contributed by atoms with van der Waals surface area (Å²) in [6.45, 7) is 3.16. The third-order valence-corrected chi connectivity index (χ3v) is 4.34. The van der Waals surface area contributed by atoms with Crippen molar-refractivity contribution in [2.45, 2.75) is 20.3 Å². The predicted molar refractivity (Wildman–Crippen MR) is 99.3 cm³/mol. The van der Waals surface area contributed by atoms with Gasteiger partial charge in [-0.05, 0) is 54.8 Å². The van der Waals surface area contributed by atoms with E-state index in [1.165, 1.54) is 0 Å². The van der Waals surface area contributed by atoms with Crippen LogP contribution in [0.4, 0.5) is 0 Å². The van der Waals surface area contributed by atoms with E-state index in [0.717, 1.165) is 11.1 Å². The average Bonchev–Trinajstić information content (AvgIpc) is 2.56. The van der Waals surface area contributed by atoms with Gasteiger partial charge in [0.1, 0.15) is 11.3 Å². The second kappa shape index (κ2) is 7.22. The number of aryl methyl sites for hydroxylation is 2. The molecule has 3 rings (SSSR count). The highest BCUT2D eigenvalue weighted by Gasteiger charge is 2.17. The summed E-state index contributed by atoms with van der Waals surface area (Å²) in [6.07, 6.45) is 0.358. The fourth-order valence-electron chi connectivity index (χ4n) is 2.95. The maximum atomic E-state index is 12.5. The van der Waals surface area contributed by atoms with Crippen LogP contribution in [0.2, 0.25) is 5.02 Å². The van der Waals surface area contributed by atoms with Gasteiger partial charge in [0, 0.05) is 17.0 Å². The number of halogens is 1. The monoisotopic (exact) mass is 372 g/mol. The molecule has 0 saturated heterocycles. The number of fused-ring (bicyclic) bond motifs is 1. The summed E-state index contributed by atoms with van der Waals surface area (Å²) in [6, 6.07) is 10.7. The van der Waals surface area contributed by atoms with Crippen LogP contribution in [-0.4, -0.2) is 17.7 Å². The van der Waals surface area contributed by atoms with Crippen LogP contribution < -0.4 is 10.4 Å². The van der Waals surface area contributed by atoms with E-state index in [4.69, 9.17) is 25.9 Å². The molecule has 0 atom stereocenters. The lowest BCUT2D eigenvalue weighted by atomic mass is 9.98. The topological polar surface area (TPSA) is 76.7 Å². The first-order valence-electron chi connectivity index (χ1n) is 8.01. The summed E-state index contributed by atoms with van der Waals surface area (Å²) in [5.74, 6) is -0.690. The molecule has 0 bridgehead atoms. The highest BCUT2D eigenvalue weighted by Crippen LogP contribution is 2.31. The van der Waals surface area contributed by atoms with E-state index in [1.54, 1.807) is 24.3 Å². The van der Waals surface area contributed by atoms with Gasteiger partial charge in [0.2, 0.25) is 0 Å². The average molecular weight is 373 g/mol. The van der Waals surface area contributed by atoms with Crippen molar-refractivity contribution in [3.8, 4) is 5.75 Å². The minimum Gasteiger partial charge on any atom is -0.481 e. The number of carboxylic acid groups (broad SMARTS) is 1. The van der Waals surface area contributed by atoms with Crippen molar-refractivity contribution in [2.75, 3.05) is 6.61 Å². The first-order valence-corrected chi connectivity index (χ1v) is 8.39. The number of carbonyl (C=O) groups is 1. The Bertz CT molecular complexity index is 1050. The molecule has 5 nitrogen and oxygen atoms in total. The van der Waals surface area contributed by atoms with Crippen molar-refractivity contribution in [1.82, 2.24) is 0 Å². The molecule has 0 aliphatic rings. The zero-order valence-corrected chi connectivity index (χ0v) is 15.1. The van der Waals surface area contributed by atoms with E-state index in [0.29, 0.717) is 39.3 Å². The predicted octanol–water partition coefficient (Wildman–Crippen LogP) is 4.12. The first kappa shape index (κ1) is 18.0. The standard InChI is InChI=1S/C20H17ClO5/c1-11-6-16(25-10-18(22)23)19-12(2)15(20(24)26-17(19)7-11)9-13-4-3-5-14(21)8-13/h3-8H,9-10H2,1-2H3,(H,22,23). The molecule has 0 fully saturated rings. The molecule has 134 valence electrons. The Balaban J connectivity index is 2.15. The molecule has 1 aromatic heterocycles. The Morgan fingerprint density at radius 3 is 2.69 bits per heavy atom. The number of ether oxygens (including phenoxy) is 1. The second-order valence-corrected chi connectivity index (χ2v) is 6.55. The van der Waals surface area contributed by atoms with E-state index in [1.807, 2.05) is 26.0 Å². The Kier molecular flexibility index (Phi) is 5.00. The molecule has 0 saturated carbocycles. The molecule has 0 spiro atoms. The van der Waals surface area contributed by atoms with Crippen LogP contribution in [-0.2, 0) is 11.2 Å². The number of hydrogen-bond donors (Lipinski definition) is 1. The van der Waals surface area contributed by atoms with E-state index < -0.39 is 18.2 Å². The summed E-state index contributed by atoms with van der Waals surface area (Å²) < 4.78 is 10.9. The molecule has 0 aliphatic carbocycles. The maximum Gasteiger partial charge on any atom is 0.341 e. The lowest BCUT2D eigenvalue weighted by Gasteiger charge is -2.13. The van der Waals surface area contributed by atoms with Gasteiger partial charge in [0.15, 0.2) is 6.61 Å². The van der Waals surface area contributed by atoms with Gasteiger partial charge in [-0.15, -0.1) is 0 Å². The minimum atomic E-state index is -1.08. The van der Waals surface area contributed by atoms with Gasteiger partial charge in [-0.2, -0.15) is 0 Å². The number of benzene rings is 2. The molecule has 3 aromatic rings. The van der Waals surface area contributed by atoms with Crippen LogP contribution in [0.5, 0.6) is 5.75 Å². The second-order valence-electron chi connectivity index (χ2n) is 6.12. The SMILES string of the molecule is Cc1cc(OCC(=O)O)c2c(C)c(Cc3cccc(Cl)c3)c(=O)oc2c1. The molecule has 0 aliphatic heterocycles. The number of carboxylic acids is 1. The molecule has 1 N–H and O–H groups in total. The minimum absolute atomic E-state index is 0.358. The van der Waals surface area contributed by atoms with Crippen LogP contribution in [0.25, 0.3) is 11.0 Å². The normalized spacial score (nSPS) is 10.9. The third kappa shape index (κ3) is 3.73. The molecule has 26 heavy (non-hydrogen) atoms. The zero-order valence-electron chi connectivity index (χ0n) is 14.3. The number of aliphatic carboxylic acids is 1. The Morgan fingerprint density at radius 2 is 2.00 bits per heavy atom. The number of hydrogen-bond acceptors (Lipinski definition) is 4. The fraction of sp³-hybridized carbons (Fsp3) is 0.200. The van der Waals surface area contributed by atoms with E-state index in [2.05, 4.69) is 0 Å². The smallest absolute Gasteiger partial charge is 0.341 e. The lowest BCUT2D eigenvalue weighted by molar-refractivity contribution is -0.139. The van der Waals surface area contributed by atoms with E-state index in [-0.39, 0.29) is 0 Å². The Morgan fingerprint density at radius 1 is 1.23 bits per heavy atom. The summed E-state index contributed by atoms with van der Waals surface area (Å²) >= 11 is 6.02. The first-order chi connectivity index (χ1) is 12.3. The Labute approximate surface area is 154 Å². The van der Waals surface area contributed by atoms with Crippen LogP contribution in [0, 0.1) is 13.8 Å². The zero-order chi connectivity index (χ0) is 18.8. The van der Waals surface area contributed by atoms with Gasteiger partial charge in [0.05, 0.1) is 5.39 Å². The molecule has 6 heteroatoms. The molecule has 1 heterocycles. The van der Waals surface area contributed by atoms with Gasteiger partial charge in [-0.1, -0.05) is 23.7 Å². The largest absolute Gasteiger partial charge is 0.481 e. The van der Waals surface area contributed by atoms with Crippen LogP contribution in [0.15, 0.2) is 45.6 Å². The highest BCUT2D eigenvalue weighted by molar-refractivity contribution is 6.30. The van der Waals surface area contributed by atoms with Crippen LogP contribution >= 0.6 is 11.6 Å². The van der Waals surface area contributed by atoms with Crippen molar-refractivity contribution in [3.63, 3.8) is 0 Å². The third-order valence-electron chi connectivity index (χ3n) is 4.11. The van der Waals surface area contributed by atoms with Crippen LogP contribution in [0.1, 0.15) is 22.3 Å². The van der Waals surface area contributed by atoms with E-state index >= 15 is 0 Å². The van der Waals surface area contributed by atoms with Gasteiger partial charge < -0.3 is 14.3 Å². The highest BCUT2D eigenvalue weighted by atomic mass is 35.5. The molecular weight excluding hydrogens is 356 g/mol. The Hall–Kier alpha value is -2.79. The molecule has 2 aromatic carbocycles.